The molecule has 2 fully saturated rings. The van der Waals surface area contributed by atoms with E-state index >= 15 is 0 Å². The summed E-state index contributed by atoms with van der Waals surface area (Å²) in [5, 5.41) is 16.2. The largest absolute Gasteiger partial charge is 0.497 e. The predicted octanol–water partition coefficient (Wildman–Crippen LogP) is 5.88. The van der Waals surface area contributed by atoms with Gasteiger partial charge in [-0.05, 0) is 45.7 Å². The number of methoxy groups -OCH3 is 1. The number of carboxylic acid groups (broad SMARTS) is 1. The first-order valence-electron chi connectivity index (χ1n) is 17.5. The number of aromatic nitrogens is 1. The van der Waals surface area contributed by atoms with Crippen molar-refractivity contribution in [3.63, 3.8) is 0 Å². The van der Waals surface area contributed by atoms with Crippen LogP contribution in [0.5, 0.6) is 11.5 Å². The quantitative estimate of drug-likeness (QED) is 0.138. The Bertz CT molecular complexity index is 1770. The van der Waals surface area contributed by atoms with Crippen LogP contribution in [0.1, 0.15) is 66.2 Å². The Balaban J connectivity index is 1.49. The fourth-order valence-electron chi connectivity index (χ4n) is 6.54. The molecular weight excluding hydrogens is 652 g/mol. The summed E-state index contributed by atoms with van der Waals surface area (Å²) in [4.78, 5) is 59.8. The van der Waals surface area contributed by atoms with E-state index in [1.54, 1.807) is 33.9 Å². The first-order chi connectivity index (χ1) is 24.3. The van der Waals surface area contributed by atoms with E-state index in [2.05, 4.69) is 17.2 Å². The number of fused-ring (bicyclic) bond motifs is 1. The second-order valence-corrected chi connectivity index (χ2v) is 14.2. The number of carbonyl (C=O) groups excluding carboxylic acids is 3. The number of aliphatic carboxylic acids is 1. The van der Waals surface area contributed by atoms with Crippen LogP contribution in [0.25, 0.3) is 22.2 Å². The third kappa shape index (κ3) is 8.61. The maximum Gasteiger partial charge on any atom is 0.408 e. The zero-order chi connectivity index (χ0) is 36.9. The molecule has 3 N–H and O–H groups in total. The summed E-state index contributed by atoms with van der Waals surface area (Å²) in [5.41, 5.74) is -0.112. The molecule has 2 aromatic carbocycles. The Kier molecular flexibility index (Phi) is 11.2. The van der Waals surface area contributed by atoms with Gasteiger partial charge >= 0.3 is 12.1 Å². The van der Waals surface area contributed by atoms with Gasteiger partial charge in [0, 0.05) is 35.4 Å². The maximum atomic E-state index is 14.4. The summed E-state index contributed by atoms with van der Waals surface area (Å²) in [6.45, 7) is 11.0. The third-order valence-corrected chi connectivity index (χ3v) is 9.30. The van der Waals surface area contributed by atoms with E-state index in [1.807, 2.05) is 55.5 Å². The topological polar surface area (TPSA) is 156 Å². The van der Waals surface area contributed by atoms with Crippen LogP contribution in [0.3, 0.4) is 0 Å². The normalized spacial score (nSPS) is 21.7. The molecule has 5 rings (SSSR count). The highest BCUT2D eigenvalue weighted by molar-refractivity contribution is 5.96. The number of hydrogen-bond acceptors (Lipinski definition) is 8. The molecule has 0 unspecified atom stereocenters. The molecule has 12 heteroatoms. The van der Waals surface area contributed by atoms with Crippen molar-refractivity contribution >= 4 is 34.8 Å². The van der Waals surface area contributed by atoms with E-state index < -0.39 is 59.1 Å². The lowest BCUT2D eigenvalue weighted by Crippen LogP contribution is -2.56. The van der Waals surface area contributed by atoms with Gasteiger partial charge in [-0.3, -0.25) is 9.59 Å². The molecule has 1 aliphatic heterocycles. The van der Waals surface area contributed by atoms with Crippen molar-refractivity contribution in [2.45, 2.75) is 95.5 Å². The van der Waals surface area contributed by atoms with Gasteiger partial charge in [0.15, 0.2) is 0 Å². The summed E-state index contributed by atoms with van der Waals surface area (Å²) >= 11 is 0. The van der Waals surface area contributed by atoms with Crippen molar-refractivity contribution in [2.75, 3.05) is 13.7 Å². The van der Waals surface area contributed by atoms with E-state index in [4.69, 9.17) is 19.2 Å². The molecule has 272 valence electrons. The number of unbranched alkanes of at least 4 members (excludes halogenated alkanes) is 2. The van der Waals surface area contributed by atoms with Gasteiger partial charge in [0.25, 0.3) is 0 Å². The Morgan fingerprint density at radius 1 is 1.12 bits per heavy atom. The van der Waals surface area contributed by atoms with E-state index in [0.29, 0.717) is 40.9 Å². The number of amides is 3. The van der Waals surface area contributed by atoms with Gasteiger partial charge in [-0.15, -0.1) is 6.58 Å². The Morgan fingerprint density at radius 2 is 1.86 bits per heavy atom. The van der Waals surface area contributed by atoms with Gasteiger partial charge in [0.1, 0.15) is 40.8 Å². The molecular formula is C39H48N4O8. The van der Waals surface area contributed by atoms with Gasteiger partial charge in [-0.1, -0.05) is 62.6 Å². The first kappa shape index (κ1) is 37.1. The lowest BCUT2D eigenvalue weighted by molar-refractivity contribution is -0.145. The zero-order valence-corrected chi connectivity index (χ0v) is 29.9. The average molecular weight is 701 g/mol. The van der Waals surface area contributed by atoms with Crippen molar-refractivity contribution in [1.82, 2.24) is 20.5 Å². The fourth-order valence-corrected chi connectivity index (χ4v) is 6.54. The molecule has 51 heavy (non-hydrogen) atoms. The zero-order valence-electron chi connectivity index (χ0n) is 29.9. The van der Waals surface area contributed by atoms with E-state index in [0.717, 1.165) is 18.4 Å². The molecule has 5 atom stereocenters. The molecule has 0 bridgehead atoms. The highest BCUT2D eigenvalue weighted by atomic mass is 16.6. The minimum absolute atomic E-state index is 0.0167. The first-order valence-corrected chi connectivity index (χ1v) is 17.5. The molecule has 1 aliphatic carbocycles. The number of rotatable bonds is 14. The maximum absolute atomic E-state index is 14.4. The number of carboxylic acids is 1. The number of nitrogens with one attached hydrogen (secondary N) is 2. The van der Waals surface area contributed by atoms with Crippen LogP contribution in [0.15, 0.2) is 67.3 Å². The molecule has 1 saturated carbocycles. The SMILES string of the molecule is C=C[C@@H]1C[C@]1(NC(=O)[C@@H]1C[C@@H](Oc2cc(-c3ccccc3)nc3cc(OC)ccc23)CN1C(=O)[C@H](CCCCC)NC(=O)OC(C)(C)C)C(=O)O. The number of alkyl carbamates (subject to hydrolysis) is 1. The van der Waals surface area contributed by atoms with Gasteiger partial charge < -0.3 is 34.9 Å². The van der Waals surface area contributed by atoms with Crippen molar-refractivity contribution in [1.29, 1.82) is 0 Å². The fraction of sp³-hybridized carbons (Fsp3) is 0.462. The van der Waals surface area contributed by atoms with E-state index in [-0.39, 0.29) is 19.4 Å². The summed E-state index contributed by atoms with van der Waals surface area (Å²) in [6.07, 6.45) is 3.12. The lowest BCUT2D eigenvalue weighted by atomic mass is 10.1. The molecule has 1 aromatic heterocycles. The second kappa shape index (κ2) is 15.4. The molecule has 3 aromatic rings. The molecule has 0 spiro atoms. The standard InChI is InChI=1S/C39H48N4O8/c1-7-9-11-16-29(41-37(48)51-38(3,4)5)35(45)43-23-27(20-32(43)34(44)42-39(36(46)47)22-25(39)8-2)50-33-21-30(24-14-12-10-13-15-24)40-31-19-26(49-6)17-18-28(31)33/h8,10,12-15,17-19,21,25,27,29,32H,2,7,9,11,16,20,22-23H2,1,3-6H3,(H,41,48)(H,42,44)(H,46,47)/t25-,27-,29+,32+,39-/m1/s1. The highest BCUT2D eigenvalue weighted by Crippen LogP contribution is 2.45. The van der Waals surface area contributed by atoms with Crippen molar-refractivity contribution in [3.8, 4) is 22.8 Å². The summed E-state index contributed by atoms with van der Waals surface area (Å²) in [5.74, 6) is -1.57. The molecule has 3 amide bonds. The minimum Gasteiger partial charge on any atom is -0.497 e. The Morgan fingerprint density at radius 3 is 2.49 bits per heavy atom. The Labute approximate surface area is 298 Å². The molecule has 1 saturated heterocycles. The minimum atomic E-state index is -1.49. The summed E-state index contributed by atoms with van der Waals surface area (Å²) in [6, 6.07) is 14.9. The van der Waals surface area contributed by atoms with Crippen LogP contribution < -0.4 is 20.1 Å². The van der Waals surface area contributed by atoms with Gasteiger partial charge in [0.05, 0.1) is 24.9 Å². The summed E-state index contributed by atoms with van der Waals surface area (Å²) < 4.78 is 17.6. The average Bonchev–Trinajstić information content (AvgIpc) is 3.66. The summed E-state index contributed by atoms with van der Waals surface area (Å²) in [7, 11) is 1.58. The number of nitrogens with zero attached hydrogens (tertiary/aromatic N) is 2. The van der Waals surface area contributed by atoms with Gasteiger partial charge in [-0.2, -0.15) is 0 Å². The third-order valence-electron chi connectivity index (χ3n) is 9.30. The highest BCUT2D eigenvalue weighted by Gasteiger charge is 2.61. The monoisotopic (exact) mass is 700 g/mol. The number of ether oxygens (including phenoxy) is 3. The van der Waals surface area contributed by atoms with Crippen molar-refractivity contribution < 1.29 is 38.5 Å². The van der Waals surface area contributed by atoms with Crippen molar-refractivity contribution in [3.05, 3.63) is 67.3 Å². The van der Waals surface area contributed by atoms with Crippen LogP contribution in [-0.4, -0.2) is 81.8 Å². The van der Waals surface area contributed by atoms with Gasteiger partial charge in [0.2, 0.25) is 11.8 Å². The predicted molar refractivity (Wildman–Crippen MR) is 192 cm³/mol. The van der Waals surface area contributed by atoms with E-state index in [9.17, 15) is 24.3 Å². The molecule has 12 nitrogen and oxygen atoms in total. The van der Waals surface area contributed by atoms with Crippen LogP contribution in [0, 0.1) is 5.92 Å². The number of likely N-dealkylation sites (tertiary alicyclic amines) is 1. The lowest BCUT2D eigenvalue weighted by Gasteiger charge is -2.30. The number of benzene rings is 2. The second-order valence-electron chi connectivity index (χ2n) is 14.2. The smallest absolute Gasteiger partial charge is 0.408 e. The molecule has 0 radical (unpaired) electrons. The molecule has 2 aliphatic rings. The number of carbonyl (C=O) groups is 4. The van der Waals surface area contributed by atoms with Crippen LogP contribution in [0.4, 0.5) is 4.79 Å². The van der Waals surface area contributed by atoms with Gasteiger partial charge in [-0.25, -0.2) is 14.6 Å². The van der Waals surface area contributed by atoms with Crippen LogP contribution in [0.2, 0.25) is 0 Å². The van der Waals surface area contributed by atoms with Crippen LogP contribution >= 0.6 is 0 Å². The Hall–Kier alpha value is -5.13. The van der Waals surface area contributed by atoms with E-state index in [1.165, 1.54) is 11.0 Å². The van der Waals surface area contributed by atoms with Crippen molar-refractivity contribution in [2.24, 2.45) is 5.92 Å². The molecule has 2 heterocycles. The number of hydrogen-bond donors (Lipinski definition) is 3. The van der Waals surface area contributed by atoms with Crippen LogP contribution in [-0.2, 0) is 19.1 Å². The number of pyridine rings is 1.